The lowest BCUT2D eigenvalue weighted by atomic mass is 9.88. The molecule has 1 aliphatic heterocycles. The summed E-state index contributed by atoms with van der Waals surface area (Å²) in [6.07, 6.45) is 9.97. The van der Waals surface area contributed by atoms with E-state index in [-0.39, 0.29) is 0 Å². The second kappa shape index (κ2) is 13.3. The SMILES string of the molecule is CC/C(=C(/c1ccc(OCCCCCCC(=O)N2CCCC2)cc1)c1ccc2[nH]ncc2c1)c1ccccc1. The van der Waals surface area contributed by atoms with Crippen molar-refractivity contribution in [1.29, 1.82) is 0 Å². The number of H-pyrrole nitrogens is 1. The predicted octanol–water partition coefficient (Wildman–Crippen LogP) is 7.88. The molecule has 0 aliphatic carbocycles. The molecule has 0 unspecified atom stereocenters. The zero-order chi connectivity index (χ0) is 26.9. The molecule has 1 aliphatic rings. The van der Waals surface area contributed by atoms with Crippen LogP contribution in [0.1, 0.15) is 75.0 Å². The molecule has 2 heterocycles. The van der Waals surface area contributed by atoms with Gasteiger partial charge in [-0.05, 0) is 84.2 Å². The van der Waals surface area contributed by atoms with Crippen molar-refractivity contribution in [2.75, 3.05) is 19.7 Å². The summed E-state index contributed by atoms with van der Waals surface area (Å²) >= 11 is 0. The molecule has 0 bridgehead atoms. The van der Waals surface area contributed by atoms with Gasteiger partial charge in [-0.15, -0.1) is 0 Å². The summed E-state index contributed by atoms with van der Waals surface area (Å²) in [5.74, 6) is 1.23. The third kappa shape index (κ3) is 6.78. The van der Waals surface area contributed by atoms with E-state index in [1.807, 2.05) is 11.1 Å². The molecule has 0 atom stereocenters. The third-order valence-corrected chi connectivity index (χ3v) is 7.66. The Kier molecular flexibility index (Phi) is 9.10. The van der Waals surface area contributed by atoms with E-state index in [1.165, 1.54) is 27.8 Å². The van der Waals surface area contributed by atoms with Crippen LogP contribution in [0.2, 0.25) is 0 Å². The van der Waals surface area contributed by atoms with Gasteiger partial charge in [0.2, 0.25) is 5.91 Å². The average Bonchev–Trinajstić information content (AvgIpc) is 3.69. The van der Waals surface area contributed by atoms with Gasteiger partial charge in [0.25, 0.3) is 0 Å². The van der Waals surface area contributed by atoms with Gasteiger partial charge in [-0.2, -0.15) is 5.10 Å². The lowest BCUT2D eigenvalue weighted by Crippen LogP contribution is -2.27. The quantitative estimate of drug-likeness (QED) is 0.152. The zero-order valence-electron chi connectivity index (χ0n) is 23.0. The molecule has 1 saturated heterocycles. The van der Waals surface area contributed by atoms with Crippen LogP contribution < -0.4 is 4.74 Å². The molecule has 4 aromatic rings. The van der Waals surface area contributed by atoms with Gasteiger partial charge in [0.15, 0.2) is 0 Å². The largest absolute Gasteiger partial charge is 0.494 e. The summed E-state index contributed by atoms with van der Waals surface area (Å²) in [4.78, 5) is 14.2. The van der Waals surface area contributed by atoms with E-state index in [1.54, 1.807) is 0 Å². The highest BCUT2D eigenvalue weighted by Gasteiger charge is 2.17. The minimum absolute atomic E-state index is 0.334. The van der Waals surface area contributed by atoms with E-state index in [4.69, 9.17) is 4.74 Å². The number of benzene rings is 3. The number of hydrogen-bond donors (Lipinski definition) is 1. The Hall–Kier alpha value is -3.86. The van der Waals surface area contributed by atoms with E-state index in [0.717, 1.165) is 74.7 Å². The van der Waals surface area contributed by atoms with Crippen molar-refractivity contribution < 1.29 is 9.53 Å². The van der Waals surface area contributed by atoms with Crippen LogP contribution >= 0.6 is 0 Å². The average molecular weight is 522 g/mol. The van der Waals surface area contributed by atoms with Crippen molar-refractivity contribution in [2.24, 2.45) is 0 Å². The maximum atomic E-state index is 12.2. The minimum Gasteiger partial charge on any atom is -0.494 e. The Bertz CT molecular complexity index is 1380. The fourth-order valence-electron chi connectivity index (χ4n) is 5.54. The van der Waals surface area contributed by atoms with E-state index >= 15 is 0 Å². The van der Waals surface area contributed by atoms with Crippen LogP contribution in [0.5, 0.6) is 5.75 Å². The van der Waals surface area contributed by atoms with Crippen LogP contribution in [0.15, 0.2) is 79.0 Å². The highest BCUT2D eigenvalue weighted by molar-refractivity contribution is 6.00. The smallest absolute Gasteiger partial charge is 0.222 e. The molecule has 1 fully saturated rings. The molecule has 0 radical (unpaired) electrons. The van der Waals surface area contributed by atoms with E-state index in [0.29, 0.717) is 18.9 Å². The number of nitrogens with one attached hydrogen (secondary N) is 1. The highest BCUT2D eigenvalue weighted by Crippen LogP contribution is 2.36. The van der Waals surface area contributed by atoms with Crippen molar-refractivity contribution in [3.8, 4) is 5.75 Å². The van der Waals surface area contributed by atoms with E-state index in [2.05, 4.69) is 89.9 Å². The Morgan fingerprint density at radius 2 is 1.62 bits per heavy atom. The molecule has 0 saturated carbocycles. The van der Waals surface area contributed by atoms with Gasteiger partial charge in [-0.25, -0.2) is 0 Å². The number of likely N-dealkylation sites (tertiary alicyclic amines) is 1. The first-order valence-electron chi connectivity index (χ1n) is 14.5. The number of carbonyl (C=O) groups excluding carboxylic acids is 1. The van der Waals surface area contributed by atoms with Gasteiger partial charge in [-0.1, -0.05) is 68.3 Å². The van der Waals surface area contributed by atoms with Gasteiger partial charge in [0, 0.05) is 24.9 Å². The summed E-state index contributed by atoms with van der Waals surface area (Å²) in [6, 6.07) is 25.7. The van der Waals surface area contributed by atoms with E-state index in [9.17, 15) is 4.79 Å². The second-order valence-electron chi connectivity index (χ2n) is 10.4. The van der Waals surface area contributed by atoms with Crippen LogP contribution in [0, 0.1) is 0 Å². The number of carbonyl (C=O) groups is 1. The molecule has 5 rings (SSSR count). The van der Waals surface area contributed by atoms with Crippen molar-refractivity contribution in [3.05, 3.63) is 95.7 Å². The fourth-order valence-corrected chi connectivity index (χ4v) is 5.54. The number of aromatic amines is 1. The van der Waals surface area contributed by atoms with Crippen molar-refractivity contribution in [3.63, 3.8) is 0 Å². The summed E-state index contributed by atoms with van der Waals surface area (Å²) in [5.41, 5.74) is 7.19. The van der Waals surface area contributed by atoms with Gasteiger partial charge in [0.05, 0.1) is 18.3 Å². The molecule has 1 amide bonds. The lowest BCUT2D eigenvalue weighted by Gasteiger charge is -2.17. The number of hydrogen-bond acceptors (Lipinski definition) is 3. The summed E-state index contributed by atoms with van der Waals surface area (Å²) in [7, 11) is 0. The van der Waals surface area contributed by atoms with E-state index < -0.39 is 0 Å². The van der Waals surface area contributed by atoms with Crippen LogP contribution in [0.3, 0.4) is 0 Å². The first-order valence-corrected chi connectivity index (χ1v) is 14.5. The molecular formula is C34H39N3O2. The summed E-state index contributed by atoms with van der Waals surface area (Å²) < 4.78 is 6.07. The number of rotatable bonds is 12. The molecule has 1 aromatic heterocycles. The molecule has 3 aromatic carbocycles. The van der Waals surface area contributed by atoms with Gasteiger partial charge >= 0.3 is 0 Å². The zero-order valence-corrected chi connectivity index (χ0v) is 23.0. The number of amides is 1. The van der Waals surface area contributed by atoms with Crippen molar-refractivity contribution in [2.45, 2.75) is 58.3 Å². The molecule has 5 heteroatoms. The second-order valence-corrected chi connectivity index (χ2v) is 10.4. The van der Waals surface area contributed by atoms with Crippen LogP contribution in [0.4, 0.5) is 0 Å². The van der Waals surface area contributed by atoms with Gasteiger partial charge < -0.3 is 9.64 Å². The molecular weight excluding hydrogens is 482 g/mol. The Morgan fingerprint density at radius 1 is 0.872 bits per heavy atom. The van der Waals surface area contributed by atoms with Crippen LogP contribution in [0.25, 0.3) is 22.0 Å². The molecule has 39 heavy (non-hydrogen) atoms. The predicted molar refractivity (Wildman–Crippen MR) is 160 cm³/mol. The third-order valence-electron chi connectivity index (χ3n) is 7.66. The number of fused-ring (bicyclic) bond motifs is 1. The molecule has 202 valence electrons. The molecule has 5 nitrogen and oxygen atoms in total. The topological polar surface area (TPSA) is 58.2 Å². The fraction of sp³-hybridized carbons (Fsp3) is 0.353. The maximum Gasteiger partial charge on any atom is 0.222 e. The number of allylic oxidation sites excluding steroid dienone is 1. The van der Waals surface area contributed by atoms with Crippen molar-refractivity contribution >= 4 is 28.0 Å². The Morgan fingerprint density at radius 3 is 2.38 bits per heavy atom. The van der Waals surface area contributed by atoms with Crippen molar-refractivity contribution in [1.82, 2.24) is 15.1 Å². The van der Waals surface area contributed by atoms with Crippen LogP contribution in [-0.4, -0.2) is 40.7 Å². The minimum atomic E-state index is 0.334. The normalized spacial score (nSPS) is 14.0. The standard InChI is InChI=1S/C34H39N3O2/c1-2-31(26-12-6-5-7-13-26)34(28-17-20-32-29(24-28)25-35-36-32)27-15-18-30(19-16-27)39-23-11-4-3-8-14-33(38)37-21-9-10-22-37/h5-7,12-13,15-20,24-25H,2-4,8-11,14,21-23H2,1H3,(H,35,36)/b34-31+. The highest BCUT2D eigenvalue weighted by atomic mass is 16.5. The lowest BCUT2D eigenvalue weighted by molar-refractivity contribution is -0.130. The first kappa shape index (κ1) is 26.7. The van der Waals surface area contributed by atoms with Gasteiger partial charge in [0.1, 0.15) is 5.75 Å². The Labute approximate surface area is 231 Å². The number of ether oxygens (including phenoxy) is 1. The number of nitrogens with zero attached hydrogens (tertiary/aromatic N) is 2. The monoisotopic (exact) mass is 521 g/mol. The maximum absolute atomic E-state index is 12.2. The number of unbranched alkanes of at least 4 members (excludes halogenated alkanes) is 3. The van der Waals surface area contributed by atoms with Gasteiger partial charge in [-0.3, -0.25) is 9.89 Å². The molecule has 1 N–H and O–H groups in total. The van der Waals surface area contributed by atoms with Crippen LogP contribution in [-0.2, 0) is 4.79 Å². The molecule has 0 spiro atoms. The summed E-state index contributed by atoms with van der Waals surface area (Å²) in [6.45, 7) is 4.82. The summed E-state index contributed by atoms with van der Waals surface area (Å²) in [5, 5.41) is 8.38. The first-order chi connectivity index (χ1) is 19.2. The Balaban J connectivity index is 1.22. The number of aromatic nitrogens is 2.